The Balaban J connectivity index is 1.92. The second-order valence-electron chi connectivity index (χ2n) is 7.48. The molecule has 1 aliphatic rings. The molecule has 1 aliphatic heterocycles. The Bertz CT molecular complexity index is 1060. The fourth-order valence-corrected chi connectivity index (χ4v) is 4.45. The van der Waals surface area contributed by atoms with Gasteiger partial charge in [0.1, 0.15) is 0 Å². The van der Waals surface area contributed by atoms with E-state index in [0.29, 0.717) is 6.42 Å². The van der Waals surface area contributed by atoms with E-state index in [0.717, 1.165) is 53.4 Å². The minimum Gasteiger partial charge on any atom is -0.469 e. The van der Waals surface area contributed by atoms with E-state index in [4.69, 9.17) is 4.99 Å². The maximum atomic E-state index is 11.6. The standard InChI is InChI=1S/C21H25NO5S/c1-14-21(2,12-6-4-5-7-19(23)27-3)20-17-13-16(28(24,25)26)10-8-15(17)9-11-18(20)22-14/h8-11,13H,4-7,12H2,1-3H3,(H,24,25,26). The van der Waals surface area contributed by atoms with Crippen LogP contribution >= 0.6 is 0 Å². The zero-order valence-corrected chi connectivity index (χ0v) is 17.2. The van der Waals surface area contributed by atoms with Gasteiger partial charge in [0.05, 0.1) is 17.7 Å². The van der Waals surface area contributed by atoms with Crippen molar-refractivity contribution in [1.29, 1.82) is 0 Å². The summed E-state index contributed by atoms with van der Waals surface area (Å²) in [5, 5.41) is 1.71. The first kappa shape index (κ1) is 20.5. The normalized spacial score (nSPS) is 18.8. The summed E-state index contributed by atoms with van der Waals surface area (Å²) >= 11 is 0. The summed E-state index contributed by atoms with van der Waals surface area (Å²) < 4.78 is 37.4. The third-order valence-corrected chi connectivity index (χ3v) is 6.54. The van der Waals surface area contributed by atoms with Crippen LogP contribution in [-0.2, 0) is 25.1 Å². The number of benzene rings is 2. The van der Waals surface area contributed by atoms with Crippen molar-refractivity contribution in [2.75, 3.05) is 7.11 Å². The molecule has 0 fully saturated rings. The fraction of sp³-hybridized carbons (Fsp3) is 0.429. The first-order chi connectivity index (χ1) is 13.2. The van der Waals surface area contributed by atoms with E-state index < -0.39 is 10.1 Å². The zero-order chi connectivity index (χ0) is 20.5. The maximum Gasteiger partial charge on any atom is 0.305 e. The molecule has 0 aromatic heterocycles. The summed E-state index contributed by atoms with van der Waals surface area (Å²) in [6.45, 7) is 4.12. The van der Waals surface area contributed by atoms with Gasteiger partial charge in [-0.2, -0.15) is 8.42 Å². The average Bonchev–Trinajstić information content (AvgIpc) is 2.91. The van der Waals surface area contributed by atoms with E-state index in [2.05, 4.69) is 11.7 Å². The van der Waals surface area contributed by atoms with Crippen LogP contribution in [-0.4, -0.2) is 31.8 Å². The minimum absolute atomic E-state index is 0.113. The summed E-state index contributed by atoms with van der Waals surface area (Å²) in [6, 6.07) is 8.53. The van der Waals surface area contributed by atoms with Crippen LogP contribution in [0.15, 0.2) is 40.2 Å². The van der Waals surface area contributed by atoms with Crippen molar-refractivity contribution in [2.24, 2.45) is 4.99 Å². The summed E-state index contributed by atoms with van der Waals surface area (Å²) in [6.07, 6.45) is 3.83. The lowest BCUT2D eigenvalue weighted by atomic mass is 9.74. The quantitative estimate of drug-likeness (QED) is 0.415. The molecular weight excluding hydrogens is 378 g/mol. The van der Waals surface area contributed by atoms with Crippen LogP contribution in [0.4, 0.5) is 5.69 Å². The first-order valence-corrected chi connectivity index (χ1v) is 10.8. The smallest absolute Gasteiger partial charge is 0.305 e. The van der Waals surface area contributed by atoms with Gasteiger partial charge in [0, 0.05) is 17.5 Å². The minimum atomic E-state index is -4.28. The highest BCUT2D eigenvalue weighted by Gasteiger charge is 2.38. The van der Waals surface area contributed by atoms with Gasteiger partial charge in [0.25, 0.3) is 10.1 Å². The van der Waals surface area contributed by atoms with Gasteiger partial charge in [-0.15, -0.1) is 0 Å². The Morgan fingerprint density at radius 2 is 1.89 bits per heavy atom. The predicted octanol–water partition coefficient (Wildman–Crippen LogP) is 4.57. The van der Waals surface area contributed by atoms with Crippen LogP contribution in [0.1, 0.15) is 51.5 Å². The van der Waals surface area contributed by atoms with Crippen LogP contribution in [0.25, 0.3) is 10.8 Å². The van der Waals surface area contributed by atoms with E-state index in [1.807, 2.05) is 19.1 Å². The molecule has 0 aliphatic carbocycles. The van der Waals surface area contributed by atoms with E-state index in [-0.39, 0.29) is 16.3 Å². The molecule has 2 aromatic rings. The Morgan fingerprint density at radius 1 is 1.18 bits per heavy atom. The first-order valence-electron chi connectivity index (χ1n) is 9.34. The zero-order valence-electron chi connectivity index (χ0n) is 16.4. The number of esters is 1. The molecule has 1 heterocycles. The van der Waals surface area contributed by atoms with Crippen LogP contribution in [0.3, 0.4) is 0 Å². The van der Waals surface area contributed by atoms with Crippen LogP contribution in [0.2, 0.25) is 0 Å². The van der Waals surface area contributed by atoms with Crippen molar-refractivity contribution in [3.63, 3.8) is 0 Å². The number of nitrogens with zero attached hydrogens (tertiary/aromatic N) is 1. The second kappa shape index (κ2) is 7.64. The molecule has 3 rings (SSSR count). The van der Waals surface area contributed by atoms with Crippen molar-refractivity contribution in [1.82, 2.24) is 0 Å². The molecule has 0 bridgehead atoms. The van der Waals surface area contributed by atoms with Crippen LogP contribution in [0, 0.1) is 0 Å². The predicted molar refractivity (Wildman–Crippen MR) is 109 cm³/mol. The van der Waals surface area contributed by atoms with Gasteiger partial charge < -0.3 is 4.74 Å². The van der Waals surface area contributed by atoms with Crippen molar-refractivity contribution < 1.29 is 22.5 Å². The molecule has 0 saturated heterocycles. The van der Waals surface area contributed by atoms with Crippen LogP contribution in [0.5, 0.6) is 0 Å². The molecule has 0 saturated carbocycles. The molecule has 28 heavy (non-hydrogen) atoms. The Kier molecular flexibility index (Phi) is 5.59. The second-order valence-corrected chi connectivity index (χ2v) is 8.91. The third kappa shape index (κ3) is 3.82. The number of carbonyl (C=O) groups excluding carboxylic acids is 1. The summed E-state index contributed by atoms with van der Waals surface area (Å²) in [4.78, 5) is 15.9. The van der Waals surface area contributed by atoms with Gasteiger partial charge in [0.2, 0.25) is 0 Å². The molecule has 0 radical (unpaired) electrons. The van der Waals surface area contributed by atoms with Gasteiger partial charge in [0.15, 0.2) is 0 Å². The molecule has 7 heteroatoms. The highest BCUT2D eigenvalue weighted by Crippen LogP contribution is 2.47. The number of hydrogen-bond acceptors (Lipinski definition) is 5. The summed E-state index contributed by atoms with van der Waals surface area (Å²) in [5.74, 6) is -0.195. The number of fused-ring (bicyclic) bond motifs is 3. The molecule has 2 aromatic carbocycles. The monoisotopic (exact) mass is 403 g/mol. The number of methoxy groups -OCH3 is 1. The Hall–Kier alpha value is -2.25. The number of carbonyl (C=O) groups is 1. The average molecular weight is 404 g/mol. The highest BCUT2D eigenvalue weighted by atomic mass is 32.2. The summed E-state index contributed by atoms with van der Waals surface area (Å²) in [5.41, 5.74) is 2.51. The number of rotatable bonds is 7. The number of unbranched alkanes of at least 4 members (excludes halogenated alkanes) is 2. The molecule has 1 unspecified atom stereocenters. The molecule has 0 spiro atoms. The van der Waals surface area contributed by atoms with Gasteiger partial charge in [-0.1, -0.05) is 31.9 Å². The van der Waals surface area contributed by atoms with E-state index in [1.165, 1.54) is 19.2 Å². The lowest BCUT2D eigenvalue weighted by Crippen LogP contribution is -2.27. The SMILES string of the molecule is COC(=O)CCCCCC1(C)C(C)=Nc2ccc3ccc(S(=O)(=O)O)cc3c21. The maximum absolute atomic E-state index is 11.6. The largest absolute Gasteiger partial charge is 0.469 e. The number of aliphatic imine (C=N–C) groups is 1. The van der Waals surface area contributed by atoms with E-state index in [1.54, 1.807) is 6.07 Å². The van der Waals surface area contributed by atoms with E-state index in [9.17, 15) is 17.8 Å². The van der Waals surface area contributed by atoms with Gasteiger partial charge in [-0.25, -0.2) is 0 Å². The topological polar surface area (TPSA) is 93.0 Å². The molecular formula is C21H25NO5S. The van der Waals surface area contributed by atoms with Crippen molar-refractivity contribution in [3.05, 3.63) is 35.9 Å². The Morgan fingerprint density at radius 3 is 2.57 bits per heavy atom. The van der Waals surface area contributed by atoms with E-state index >= 15 is 0 Å². The lowest BCUT2D eigenvalue weighted by molar-refractivity contribution is -0.140. The Labute approximate surface area is 165 Å². The third-order valence-electron chi connectivity index (χ3n) is 5.69. The molecule has 1 atom stereocenters. The van der Waals surface area contributed by atoms with Gasteiger partial charge >= 0.3 is 5.97 Å². The highest BCUT2D eigenvalue weighted by molar-refractivity contribution is 7.85. The van der Waals surface area contributed by atoms with Crippen molar-refractivity contribution in [2.45, 2.75) is 56.3 Å². The summed E-state index contributed by atoms with van der Waals surface area (Å²) in [7, 11) is -2.89. The van der Waals surface area contributed by atoms with Crippen LogP contribution < -0.4 is 0 Å². The van der Waals surface area contributed by atoms with Crippen molar-refractivity contribution >= 4 is 38.3 Å². The van der Waals surface area contributed by atoms with Gasteiger partial charge in [-0.05, 0) is 54.3 Å². The number of ether oxygens (including phenoxy) is 1. The molecule has 6 nitrogen and oxygen atoms in total. The lowest BCUT2D eigenvalue weighted by Gasteiger charge is -2.27. The van der Waals surface area contributed by atoms with Crippen molar-refractivity contribution in [3.8, 4) is 0 Å². The number of hydrogen-bond donors (Lipinski definition) is 1. The molecule has 0 amide bonds. The van der Waals surface area contributed by atoms with Gasteiger partial charge in [-0.3, -0.25) is 14.3 Å². The fourth-order valence-electron chi connectivity index (χ4n) is 3.94. The molecule has 1 N–H and O–H groups in total. The molecule has 150 valence electrons.